The van der Waals surface area contributed by atoms with Gasteiger partial charge in [0.05, 0.1) is 8.61 Å². The zero-order valence-corrected chi connectivity index (χ0v) is 14.2. The number of anilines is 1. The third-order valence-electron chi connectivity index (χ3n) is 3.23. The number of nitrogens with one attached hydrogen (secondary N) is 1. The molecule has 0 saturated heterocycles. The molecular formula is C14H10Br2FNOS. The largest absolute Gasteiger partial charge is 0.326 e. The smallest absolute Gasteiger partial charge is 0.224 e. The van der Waals surface area contributed by atoms with E-state index in [0.717, 1.165) is 14.2 Å². The number of amides is 1. The molecule has 0 aliphatic carbocycles. The number of aryl methyl sites for hydroxylation is 1. The molecule has 1 aromatic carbocycles. The fourth-order valence-corrected chi connectivity index (χ4v) is 4.44. The normalized spacial score (nSPS) is 15.7. The standard InChI is InChI=1S/C14H10Br2FNOS/c15-12-3-2-11(20-12)14(16)8-5-7-1-4-13(19)18-10(7)6-9(8)17/h2-3,5-6,14H,1,4H2,(H,18,19). The van der Waals surface area contributed by atoms with Crippen LogP contribution in [0.25, 0.3) is 0 Å². The molecule has 1 amide bonds. The van der Waals surface area contributed by atoms with Crippen LogP contribution in [0.4, 0.5) is 10.1 Å². The van der Waals surface area contributed by atoms with Gasteiger partial charge in [0.1, 0.15) is 5.82 Å². The molecule has 0 fully saturated rings. The Bertz CT molecular complexity index is 686. The van der Waals surface area contributed by atoms with E-state index >= 15 is 0 Å². The fraction of sp³-hybridized carbons (Fsp3) is 0.214. The molecule has 104 valence electrons. The van der Waals surface area contributed by atoms with E-state index in [2.05, 4.69) is 37.2 Å². The quantitative estimate of drug-likeness (QED) is 0.681. The molecule has 0 spiro atoms. The summed E-state index contributed by atoms with van der Waals surface area (Å²) in [6.45, 7) is 0. The van der Waals surface area contributed by atoms with Gasteiger partial charge in [-0.25, -0.2) is 4.39 Å². The minimum atomic E-state index is -0.308. The number of alkyl halides is 1. The molecule has 1 atom stereocenters. The van der Waals surface area contributed by atoms with Gasteiger partial charge >= 0.3 is 0 Å². The molecule has 2 aromatic rings. The highest BCUT2D eigenvalue weighted by atomic mass is 79.9. The predicted molar refractivity (Wildman–Crippen MR) is 86.1 cm³/mol. The van der Waals surface area contributed by atoms with E-state index in [1.807, 2.05) is 18.2 Å². The summed E-state index contributed by atoms with van der Waals surface area (Å²) < 4.78 is 15.3. The van der Waals surface area contributed by atoms with Gasteiger partial charge in [-0.15, -0.1) is 11.3 Å². The van der Waals surface area contributed by atoms with E-state index in [1.54, 1.807) is 11.3 Å². The lowest BCUT2D eigenvalue weighted by Gasteiger charge is -2.19. The average molecular weight is 419 g/mol. The second-order valence-electron chi connectivity index (χ2n) is 4.58. The number of halogens is 3. The van der Waals surface area contributed by atoms with Crippen molar-refractivity contribution < 1.29 is 9.18 Å². The Balaban J connectivity index is 2.00. The van der Waals surface area contributed by atoms with Crippen molar-refractivity contribution >= 4 is 54.8 Å². The summed E-state index contributed by atoms with van der Waals surface area (Å²) >= 11 is 8.55. The van der Waals surface area contributed by atoms with Gasteiger partial charge in [-0.2, -0.15) is 0 Å². The Kier molecular flexibility index (Phi) is 3.97. The van der Waals surface area contributed by atoms with Crippen molar-refractivity contribution in [2.24, 2.45) is 0 Å². The summed E-state index contributed by atoms with van der Waals surface area (Å²) in [5.74, 6) is -0.362. The number of carbonyl (C=O) groups excluding carboxylic acids is 1. The SMILES string of the molecule is O=C1CCc2cc(C(Br)c3ccc(Br)s3)c(F)cc2N1. The minimum absolute atomic E-state index is 0.0535. The Labute approximate surface area is 136 Å². The topological polar surface area (TPSA) is 29.1 Å². The van der Waals surface area contributed by atoms with Crippen LogP contribution in [0.2, 0.25) is 0 Å². The van der Waals surface area contributed by atoms with Crippen molar-refractivity contribution in [3.05, 3.63) is 49.9 Å². The zero-order valence-electron chi connectivity index (χ0n) is 10.3. The van der Waals surface area contributed by atoms with Crippen molar-refractivity contribution in [1.29, 1.82) is 0 Å². The third kappa shape index (κ3) is 2.69. The van der Waals surface area contributed by atoms with Crippen LogP contribution < -0.4 is 5.32 Å². The molecule has 1 aliphatic heterocycles. The van der Waals surface area contributed by atoms with E-state index < -0.39 is 0 Å². The highest BCUT2D eigenvalue weighted by Gasteiger charge is 2.22. The van der Waals surface area contributed by atoms with Crippen LogP contribution in [0.1, 0.15) is 27.3 Å². The maximum Gasteiger partial charge on any atom is 0.224 e. The fourth-order valence-electron chi connectivity index (χ4n) is 2.23. The summed E-state index contributed by atoms with van der Waals surface area (Å²) in [7, 11) is 0. The number of fused-ring (bicyclic) bond motifs is 1. The first-order chi connectivity index (χ1) is 9.54. The summed E-state index contributed by atoms with van der Waals surface area (Å²) in [6, 6.07) is 7.18. The Morgan fingerprint density at radius 3 is 2.80 bits per heavy atom. The maximum atomic E-state index is 14.3. The number of benzene rings is 1. The van der Waals surface area contributed by atoms with Gasteiger partial charge in [-0.1, -0.05) is 15.9 Å². The van der Waals surface area contributed by atoms with Gasteiger partial charge in [-0.05, 0) is 52.2 Å². The van der Waals surface area contributed by atoms with Crippen LogP contribution in [-0.2, 0) is 11.2 Å². The van der Waals surface area contributed by atoms with Crippen LogP contribution in [0.3, 0.4) is 0 Å². The van der Waals surface area contributed by atoms with Crippen molar-refractivity contribution in [3.63, 3.8) is 0 Å². The molecular weight excluding hydrogens is 409 g/mol. The van der Waals surface area contributed by atoms with Gasteiger partial charge < -0.3 is 5.32 Å². The van der Waals surface area contributed by atoms with Gasteiger partial charge in [0.25, 0.3) is 0 Å². The molecule has 0 saturated carbocycles. The summed E-state index contributed by atoms with van der Waals surface area (Å²) in [4.78, 5) is 12.2. The first kappa shape index (κ1) is 14.2. The predicted octanol–water partition coefficient (Wildman–Crippen LogP) is 5.02. The molecule has 0 bridgehead atoms. The highest BCUT2D eigenvalue weighted by molar-refractivity contribution is 9.11. The lowest BCUT2D eigenvalue weighted by atomic mass is 9.98. The van der Waals surface area contributed by atoms with E-state index in [9.17, 15) is 9.18 Å². The molecule has 1 N–H and O–H groups in total. The van der Waals surface area contributed by atoms with Crippen molar-refractivity contribution in [2.45, 2.75) is 17.7 Å². The number of rotatable bonds is 2. The monoisotopic (exact) mass is 417 g/mol. The van der Waals surface area contributed by atoms with Gasteiger partial charge in [-0.3, -0.25) is 4.79 Å². The molecule has 0 radical (unpaired) electrons. The summed E-state index contributed by atoms with van der Waals surface area (Å²) in [5.41, 5.74) is 2.19. The summed E-state index contributed by atoms with van der Waals surface area (Å²) in [5, 5.41) is 2.71. The van der Waals surface area contributed by atoms with Crippen molar-refractivity contribution in [3.8, 4) is 0 Å². The van der Waals surface area contributed by atoms with Gasteiger partial charge in [0, 0.05) is 22.5 Å². The molecule has 2 nitrogen and oxygen atoms in total. The Hall–Kier alpha value is -0.720. The second-order valence-corrected chi connectivity index (χ2v) is 7.99. The molecule has 1 unspecified atom stereocenters. The van der Waals surface area contributed by atoms with Gasteiger partial charge in [0.15, 0.2) is 0 Å². The Morgan fingerprint density at radius 1 is 1.30 bits per heavy atom. The van der Waals surface area contributed by atoms with Crippen molar-refractivity contribution in [1.82, 2.24) is 0 Å². The number of carbonyl (C=O) groups is 1. The third-order valence-corrected chi connectivity index (χ3v) is 6.21. The van der Waals surface area contributed by atoms with Crippen molar-refractivity contribution in [2.75, 3.05) is 5.32 Å². The summed E-state index contributed by atoms with van der Waals surface area (Å²) in [6.07, 6.45) is 1.11. The Morgan fingerprint density at radius 2 is 2.10 bits per heavy atom. The van der Waals surface area contributed by atoms with Crippen LogP contribution in [0, 0.1) is 5.82 Å². The molecule has 2 heterocycles. The zero-order chi connectivity index (χ0) is 14.3. The van der Waals surface area contributed by atoms with Gasteiger partial charge in [0.2, 0.25) is 5.91 Å². The average Bonchev–Trinajstić information content (AvgIpc) is 2.84. The number of hydrogen-bond acceptors (Lipinski definition) is 2. The molecule has 3 rings (SSSR count). The minimum Gasteiger partial charge on any atom is -0.326 e. The van der Waals surface area contributed by atoms with Crippen LogP contribution in [0.15, 0.2) is 28.1 Å². The lowest BCUT2D eigenvalue weighted by molar-refractivity contribution is -0.116. The highest BCUT2D eigenvalue weighted by Crippen LogP contribution is 2.40. The first-order valence-electron chi connectivity index (χ1n) is 6.06. The second kappa shape index (κ2) is 5.58. The van der Waals surface area contributed by atoms with E-state index in [-0.39, 0.29) is 16.6 Å². The number of thiophene rings is 1. The maximum absolute atomic E-state index is 14.3. The van der Waals surface area contributed by atoms with E-state index in [4.69, 9.17) is 0 Å². The van der Waals surface area contributed by atoms with E-state index in [1.165, 1.54) is 6.07 Å². The molecule has 6 heteroatoms. The number of hydrogen-bond donors (Lipinski definition) is 1. The molecule has 20 heavy (non-hydrogen) atoms. The van der Waals surface area contributed by atoms with E-state index in [0.29, 0.717) is 24.1 Å². The van der Waals surface area contributed by atoms with Crippen LogP contribution in [0.5, 0.6) is 0 Å². The molecule has 1 aliphatic rings. The van der Waals surface area contributed by atoms with Crippen LogP contribution >= 0.6 is 43.2 Å². The lowest BCUT2D eigenvalue weighted by Crippen LogP contribution is -2.19. The molecule has 1 aromatic heterocycles. The van der Waals surface area contributed by atoms with Crippen LogP contribution in [-0.4, -0.2) is 5.91 Å². The first-order valence-corrected chi connectivity index (χ1v) is 8.58.